The molecule has 0 aromatic heterocycles. The molecule has 0 aromatic rings. The van der Waals surface area contributed by atoms with Crippen LogP contribution in [-0.2, 0) is 0 Å². The van der Waals surface area contributed by atoms with E-state index in [1.807, 2.05) is 0 Å². The standard InChI is InChI=1S/C5H11BrO4/c6-1-3(8)5(10)4(9)2-7/h3-5,7-10H,1-2H2/t3-,4+,5+/m1/s1. The van der Waals surface area contributed by atoms with Crippen LogP contribution in [0, 0.1) is 0 Å². The molecule has 0 radical (unpaired) electrons. The van der Waals surface area contributed by atoms with Crippen LogP contribution in [0.2, 0.25) is 0 Å². The van der Waals surface area contributed by atoms with Gasteiger partial charge in [-0.05, 0) is 0 Å². The Balaban J connectivity index is 3.69. The number of aliphatic hydroxyl groups is 4. The first-order valence-electron chi connectivity index (χ1n) is 2.84. The molecule has 0 saturated heterocycles. The van der Waals surface area contributed by atoms with E-state index in [0.717, 1.165) is 0 Å². The van der Waals surface area contributed by atoms with Crippen LogP contribution in [0.1, 0.15) is 0 Å². The van der Waals surface area contributed by atoms with Crippen molar-refractivity contribution >= 4 is 15.9 Å². The first-order chi connectivity index (χ1) is 4.63. The van der Waals surface area contributed by atoms with E-state index in [4.69, 9.17) is 20.4 Å². The normalized spacial score (nSPS) is 20.1. The maximum absolute atomic E-state index is 8.90. The minimum absolute atomic E-state index is 0.172. The molecule has 0 amide bonds. The third kappa shape index (κ3) is 2.94. The molecule has 0 aliphatic carbocycles. The fourth-order valence-corrected chi connectivity index (χ4v) is 0.839. The summed E-state index contributed by atoms with van der Waals surface area (Å²) < 4.78 is 0. The molecule has 4 nitrogen and oxygen atoms in total. The highest BCUT2D eigenvalue weighted by Crippen LogP contribution is 2.02. The Hall–Kier alpha value is 0.320. The summed E-state index contributed by atoms with van der Waals surface area (Å²) in [5.41, 5.74) is 0. The Morgan fingerprint density at radius 2 is 1.60 bits per heavy atom. The molecule has 10 heavy (non-hydrogen) atoms. The molecular formula is C5H11BrO4. The summed E-state index contributed by atoms with van der Waals surface area (Å²) in [6.45, 7) is -0.550. The van der Waals surface area contributed by atoms with Crippen molar-refractivity contribution in [2.75, 3.05) is 11.9 Å². The highest BCUT2D eigenvalue weighted by atomic mass is 79.9. The molecule has 5 heteroatoms. The van der Waals surface area contributed by atoms with Crippen molar-refractivity contribution in [2.24, 2.45) is 0 Å². The summed E-state index contributed by atoms with van der Waals surface area (Å²) in [6.07, 6.45) is -3.60. The van der Waals surface area contributed by atoms with Crippen LogP contribution in [0.4, 0.5) is 0 Å². The Bertz CT molecular complexity index is 79.7. The van der Waals surface area contributed by atoms with Crippen LogP contribution in [-0.4, -0.2) is 50.7 Å². The lowest BCUT2D eigenvalue weighted by molar-refractivity contribution is -0.0680. The topological polar surface area (TPSA) is 80.9 Å². The van der Waals surface area contributed by atoms with Crippen molar-refractivity contribution in [2.45, 2.75) is 18.3 Å². The molecule has 4 N–H and O–H groups in total. The van der Waals surface area contributed by atoms with Gasteiger partial charge in [0.2, 0.25) is 0 Å². The van der Waals surface area contributed by atoms with E-state index in [-0.39, 0.29) is 5.33 Å². The van der Waals surface area contributed by atoms with E-state index in [0.29, 0.717) is 0 Å². The zero-order valence-corrected chi connectivity index (χ0v) is 6.90. The monoisotopic (exact) mass is 214 g/mol. The van der Waals surface area contributed by atoms with E-state index < -0.39 is 24.9 Å². The summed E-state index contributed by atoms with van der Waals surface area (Å²) in [4.78, 5) is 0. The molecule has 0 heterocycles. The highest BCUT2D eigenvalue weighted by molar-refractivity contribution is 9.09. The summed E-state index contributed by atoms with van der Waals surface area (Å²) in [6, 6.07) is 0. The highest BCUT2D eigenvalue weighted by Gasteiger charge is 2.22. The summed E-state index contributed by atoms with van der Waals surface area (Å²) in [7, 11) is 0. The molecule has 0 fully saturated rings. The lowest BCUT2D eigenvalue weighted by Crippen LogP contribution is -2.40. The third-order valence-corrected chi connectivity index (χ3v) is 1.80. The van der Waals surface area contributed by atoms with E-state index in [2.05, 4.69) is 15.9 Å². The molecule has 3 atom stereocenters. The van der Waals surface area contributed by atoms with Gasteiger partial charge in [-0.3, -0.25) is 0 Å². The maximum Gasteiger partial charge on any atom is 0.109 e. The fourth-order valence-electron chi connectivity index (χ4n) is 0.456. The van der Waals surface area contributed by atoms with Crippen LogP contribution in [0.5, 0.6) is 0 Å². The zero-order valence-electron chi connectivity index (χ0n) is 5.31. The third-order valence-electron chi connectivity index (χ3n) is 1.13. The van der Waals surface area contributed by atoms with Crippen molar-refractivity contribution in [3.8, 4) is 0 Å². The summed E-state index contributed by atoms with van der Waals surface area (Å²) in [5.74, 6) is 0. The molecule has 0 unspecified atom stereocenters. The van der Waals surface area contributed by atoms with Crippen LogP contribution in [0.3, 0.4) is 0 Å². The van der Waals surface area contributed by atoms with Crippen molar-refractivity contribution in [1.82, 2.24) is 0 Å². The van der Waals surface area contributed by atoms with Gasteiger partial charge in [-0.1, -0.05) is 15.9 Å². The molecule has 62 valence electrons. The van der Waals surface area contributed by atoms with Gasteiger partial charge in [0.15, 0.2) is 0 Å². The summed E-state index contributed by atoms with van der Waals surface area (Å²) >= 11 is 2.91. The van der Waals surface area contributed by atoms with E-state index in [1.54, 1.807) is 0 Å². The van der Waals surface area contributed by atoms with E-state index >= 15 is 0 Å². The van der Waals surface area contributed by atoms with Crippen molar-refractivity contribution in [3.63, 3.8) is 0 Å². The minimum atomic E-state index is -1.29. The Kier molecular flexibility index (Phi) is 5.20. The molecule has 0 aromatic carbocycles. The van der Waals surface area contributed by atoms with Gasteiger partial charge >= 0.3 is 0 Å². The number of alkyl halides is 1. The lowest BCUT2D eigenvalue weighted by Gasteiger charge is -2.19. The van der Waals surface area contributed by atoms with Crippen LogP contribution in [0.15, 0.2) is 0 Å². The predicted molar refractivity (Wildman–Crippen MR) is 38.9 cm³/mol. The van der Waals surface area contributed by atoms with Crippen LogP contribution >= 0.6 is 15.9 Å². The van der Waals surface area contributed by atoms with E-state index in [9.17, 15) is 0 Å². The Morgan fingerprint density at radius 3 is 1.90 bits per heavy atom. The quantitative estimate of drug-likeness (QED) is 0.428. The van der Waals surface area contributed by atoms with Gasteiger partial charge < -0.3 is 20.4 Å². The van der Waals surface area contributed by atoms with Gasteiger partial charge in [0, 0.05) is 5.33 Å². The smallest absolute Gasteiger partial charge is 0.109 e. The van der Waals surface area contributed by atoms with Gasteiger partial charge in [-0.25, -0.2) is 0 Å². The SMILES string of the molecule is OC[C@H](O)[C@@H](O)[C@H](O)CBr. The molecule has 0 saturated carbocycles. The van der Waals surface area contributed by atoms with Gasteiger partial charge in [0.05, 0.1) is 12.7 Å². The number of aliphatic hydroxyl groups excluding tert-OH is 4. The lowest BCUT2D eigenvalue weighted by atomic mass is 10.1. The van der Waals surface area contributed by atoms with Gasteiger partial charge in [-0.15, -0.1) is 0 Å². The van der Waals surface area contributed by atoms with Gasteiger partial charge in [0.25, 0.3) is 0 Å². The predicted octanol–water partition coefficient (Wildman–Crippen LogP) is -1.54. The Labute approximate surface area is 67.2 Å². The molecule has 0 bridgehead atoms. The molecule has 0 aliphatic heterocycles. The number of hydrogen-bond donors (Lipinski definition) is 4. The Morgan fingerprint density at radius 1 is 1.10 bits per heavy atom. The second-order valence-electron chi connectivity index (χ2n) is 1.96. The van der Waals surface area contributed by atoms with Crippen molar-refractivity contribution < 1.29 is 20.4 Å². The zero-order chi connectivity index (χ0) is 8.15. The fraction of sp³-hybridized carbons (Fsp3) is 1.00. The van der Waals surface area contributed by atoms with Gasteiger partial charge in [-0.2, -0.15) is 0 Å². The summed E-state index contributed by atoms with van der Waals surface area (Å²) in [5, 5.41) is 35.0. The minimum Gasteiger partial charge on any atom is -0.394 e. The molecule has 0 rings (SSSR count). The van der Waals surface area contributed by atoms with Crippen LogP contribution < -0.4 is 0 Å². The first-order valence-corrected chi connectivity index (χ1v) is 3.96. The largest absolute Gasteiger partial charge is 0.394 e. The van der Waals surface area contributed by atoms with Crippen molar-refractivity contribution in [3.05, 3.63) is 0 Å². The van der Waals surface area contributed by atoms with Crippen molar-refractivity contribution in [1.29, 1.82) is 0 Å². The van der Waals surface area contributed by atoms with E-state index in [1.165, 1.54) is 0 Å². The second kappa shape index (κ2) is 5.03. The molecule has 0 aliphatic rings. The average Bonchev–Trinajstić information content (AvgIpc) is 2.00. The van der Waals surface area contributed by atoms with Crippen LogP contribution in [0.25, 0.3) is 0 Å². The number of halogens is 1. The number of rotatable bonds is 4. The first kappa shape index (κ1) is 10.3. The molecule has 0 spiro atoms. The number of hydrogen-bond acceptors (Lipinski definition) is 4. The maximum atomic E-state index is 8.90. The average molecular weight is 215 g/mol. The molecular weight excluding hydrogens is 204 g/mol. The second-order valence-corrected chi connectivity index (χ2v) is 2.61. The van der Waals surface area contributed by atoms with Gasteiger partial charge in [0.1, 0.15) is 12.2 Å².